The van der Waals surface area contributed by atoms with Gasteiger partial charge in [-0.2, -0.15) is 0 Å². The van der Waals surface area contributed by atoms with E-state index >= 15 is 0 Å². The molecule has 7 nitrogen and oxygen atoms in total. The van der Waals surface area contributed by atoms with Crippen LogP contribution in [0.1, 0.15) is 29.7 Å². The van der Waals surface area contributed by atoms with Crippen LogP contribution in [0, 0.1) is 5.82 Å². The molecule has 2 atom stereocenters. The third-order valence-electron chi connectivity index (χ3n) is 5.22. The van der Waals surface area contributed by atoms with E-state index < -0.39 is 24.1 Å². The Morgan fingerprint density at radius 1 is 1.10 bits per heavy atom. The van der Waals surface area contributed by atoms with E-state index in [-0.39, 0.29) is 5.82 Å². The molecule has 30 heavy (non-hydrogen) atoms. The summed E-state index contributed by atoms with van der Waals surface area (Å²) in [6.45, 7) is 1.96. The van der Waals surface area contributed by atoms with Gasteiger partial charge < -0.3 is 24.4 Å². The molecule has 0 aliphatic carbocycles. The van der Waals surface area contributed by atoms with Gasteiger partial charge in [0.1, 0.15) is 11.9 Å². The average molecular weight is 416 g/mol. The summed E-state index contributed by atoms with van der Waals surface area (Å²) in [7, 11) is 4.38. The first-order valence-corrected chi connectivity index (χ1v) is 9.54. The Bertz CT molecular complexity index is 932. The van der Waals surface area contributed by atoms with Gasteiger partial charge >= 0.3 is 12.0 Å². The molecule has 2 amide bonds. The number of amides is 2. The van der Waals surface area contributed by atoms with Gasteiger partial charge in [0.05, 0.1) is 27.4 Å². The van der Waals surface area contributed by atoms with Crippen LogP contribution in [0.4, 0.5) is 9.18 Å². The van der Waals surface area contributed by atoms with Gasteiger partial charge in [-0.15, -0.1) is 0 Å². The van der Waals surface area contributed by atoms with E-state index in [9.17, 15) is 14.0 Å². The summed E-state index contributed by atoms with van der Waals surface area (Å²) in [5.74, 6) is 0.239. The number of benzene rings is 2. The highest BCUT2D eigenvalue weighted by atomic mass is 19.1. The van der Waals surface area contributed by atoms with Crippen LogP contribution in [0.25, 0.3) is 0 Å². The monoisotopic (exact) mass is 416 g/mol. The zero-order chi connectivity index (χ0) is 21.8. The highest BCUT2D eigenvalue weighted by Crippen LogP contribution is 2.41. The fourth-order valence-corrected chi connectivity index (χ4v) is 3.67. The third kappa shape index (κ3) is 4.17. The Morgan fingerprint density at radius 3 is 2.33 bits per heavy atom. The number of methoxy groups -OCH3 is 3. The van der Waals surface area contributed by atoms with Crippen molar-refractivity contribution in [2.75, 3.05) is 27.9 Å². The van der Waals surface area contributed by atoms with E-state index in [0.29, 0.717) is 24.5 Å². The molecule has 0 bridgehead atoms. The Morgan fingerprint density at radius 2 is 1.73 bits per heavy atom. The predicted octanol–water partition coefficient (Wildman–Crippen LogP) is 3.06. The molecule has 1 N–H and O–H groups in total. The highest BCUT2D eigenvalue weighted by molar-refractivity contribution is 5.84. The molecule has 1 unspecified atom stereocenters. The second-order valence-electron chi connectivity index (χ2n) is 7.00. The average Bonchev–Trinajstić information content (AvgIpc) is 2.77. The van der Waals surface area contributed by atoms with Crippen LogP contribution in [0.15, 0.2) is 36.4 Å². The second kappa shape index (κ2) is 9.02. The molecule has 0 saturated heterocycles. The van der Waals surface area contributed by atoms with E-state index in [1.165, 1.54) is 19.2 Å². The maximum atomic E-state index is 13.5. The van der Waals surface area contributed by atoms with Gasteiger partial charge in [0.25, 0.3) is 0 Å². The summed E-state index contributed by atoms with van der Waals surface area (Å²) in [4.78, 5) is 26.4. The van der Waals surface area contributed by atoms with Gasteiger partial charge in [0, 0.05) is 6.54 Å². The summed E-state index contributed by atoms with van der Waals surface area (Å²) in [6, 6.07) is 8.05. The van der Waals surface area contributed by atoms with Crippen LogP contribution in [0.5, 0.6) is 11.5 Å². The minimum atomic E-state index is -0.803. The minimum absolute atomic E-state index is 0.364. The predicted molar refractivity (Wildman–Crippen MR) is 108 cm³/mol. The summed E-state index contributed by atoms with van der Waals surface area (Å²) >= 11 is 0. The van der Waals surface area contributed by atoms with E-state index in [0.717, 1.165) is 16.7 Å². The Labute approximate surface area is 174 Å². The van der Waals surface area contributed by atoms with Crippen LogP contribution in [-0.2, 0) is 16.0 Å². The molecule has 1 aliphatic heterocycles. The standard InChI is InChI=1S/C22H25FN2O5/c1-13(21(26)30-4)24-22(27)25-10-9-15-11-18(28-2)19(29-3)12-17(15)20(25)14-5-7-16(23)8-6-14/h5-8,11-13,20H,9-10H2,1-4H3,(H,24,27)/t13-,20?/m1/s1. The molecule has 160 valence electrons. The lowest BCUT2D eigenvalue weighted by atomic mass is 9.88. The molecule has 1 heterocycles. The number of fused-ring (bicyclic) bond motifs is 1. The number of halogens is 1. The van der Waals surface area contributed by atoms with Crippen molar-refractivity contribution < 1.29 is 28.2 Å². The zero-order valence-electron chi connectivity index (χ0n) is 17.4. The Kier molecular flexibility index (Phi) is 6.44. The molecule has 2 aromatic carbocycles. The van der Waals surface area contributed by atoms with Gasteiger partial charge in [-0.05, 0) is 54.3 Å². The number of urea groups is 1. The molecule has 0 radical (unpaired) electrons. The van der Waals surface area contributed by atoms with Crippen molar-refractivity contribution in [3.05, 3.63) is 58.9 Å². The van der Waals surface area contributed by atoms with Crippen LogP contribution in [0.2, 0.25) is 0 Å². The van der Waals surface area contributed by atoms with E-state index in [1.807, 2.05) is 12.1 Å². The third-order valence-corrected chi connectivity index (χ3v) is 5.22. The quantitative estimate of drug-likeness (QED) is 0.758. The molecule has 8 heteroatoms. The molecule has 1 aliphatic rings. The first kappa shape index (κ1) is 21.4. The SMILES string of the molecule is COC(=O)[C@@H](C)NC(=O)N1CCc2cc(OC)c(OC)cc2C1c1ccc(F)cc1. The van der Waals surface area contributed by atoms with Crippen LogP contribution in [-0.4, -0.2) is 50.8 Å². The lowest BCUT2D eigenvalue weighted by Gasteiger charge is -2.38. The maximum Gasteiger partial charge on any atom is 0.328 e. The van der Waals surface area contributed by atoms with E-state index in [2.05, 4.69) is 5.32 Å². The minimum Gasteiger partial charge on any atom is -0.493 e. The molecule has 0 fully saturated rings. The lowest BCUT2D eigenvalue weighted by Crippen LogP contribution is -2.50. The number of carbonyl (C=O) groups is 2. The molecule has 0 aromatic heterocycles. The Hall–Kier alpha value is -3.29. The molecular formula is C22H25FN2O5. The van der Waals surface area contributed by atoms with Crippen molar-refractivity contribution in [2.45, 2.75) is 25.4 Å². The molecule has 0 spiro atoms. The number of hydrogen-bond acceptors (Lipinski definition) is 5. The van der Waals surface area contributed by atoms with Crippen molar-refractivity contribution in [3.63, 3.8) is 0 Å². The number of carbonyl (C=O) groups excluding carboxylic acids is 2. The lowest BCUT2D eigenvalue weighted by molar-refractivity contribution is -0.142. The molecule has 2 aromatic rings. The molecule has 3 rings (SSSR count). The van der Waals surface area contributed by atoms with E-state index in [1.54, 1.807) is 38.2 Å². The summed E-state index contributed by atoms with van der Waals surface area (Å²) in [6.07, 6.45) is 0.591. The fourth-order valence-electron chi connectivity index (χ4n) is 3.67. The van der Waals surface area contributed by atoms with Gasteiger partial charge in [-0.25, -0.2) is 14.0 Å². The summed E-state index contributed by atoms with van der Waals surface area (Å²) < 4.78 is 29.1. The number of esters is 1. The number of nitrogens with one attached hydrogen (secondary N) is 1. The number of rotatable bonds is 5. The van der Waals surface area contributed by atoms with Crippen molar-refractivity contribution in [1.29, 1.82) is 0 Å². The van der Waals surface area contributed by atoms with Crippen molar-refractivity contribution >= 4 is 12.0 Å². The van der Waals surface area contributed by atoms with Gasteiger partial charge in [-0.3, -0.25) is 0 Å². The van der Waals surface area contributed by atoms with Crippen LogP contribution >= 0.6 is 0 Å². The topological polar surface area (TPSA) is 77.1 Å². The Balaban J connectivity index is 2.04. The van der Waals surface area contributed by atoms with Crippen molar-refractivity contribution in [3.8, 4) is 11.5 Å². The first-order valence-electron chi connectivity index (χ1n) is 9.54. The van der Waals surface area contributed by atoms with Crippen molar-refractivity contribution in [2.24, 2.45) is 0 Å². The number of nitrogens with zero attached hydrogens (tertiary/aromatic N) is 1. The highest BCUT2D eigenvalue weighted by Gasteiger charge is 2.34. The molecule has 0 saturated carbocycles. The first-order chi connectivity index (χ1) is 14.4. The second-order valence-corrected chi connectivity index (χ2v) is 7.00. The van der Waals surface area contributed by atoms with Crippen molar-refractivity contribution in [1.82, 2.24) is 10.2 Å². The summed E-state index contributed by atoms with van der Waals surface area (Å²) in [5.41, 5.74) is 2.60. The van der Waals surface area contributed by atoms with Gasteiger partial charge in [0.15, 0.2) is 11.5 Å². The largest absolute Gasteiger partial charge is 0.493 e. The van der Waals surface area contributed by atoms with Crippen LogP contribution < -0.4 is 14.8 Å². The van der Waals surface area contributed by atoms with E-state index in [4.69, 9.17) is 14.2 Å². The number of ether oxygens (including phenoxy) is 3. The fraction of sp³-hybridized carbons (Fsp3) is 0.364. The number of hydrogen-bond donors (Lipinski definition) is 1. The normalized spacial score (nSPS) is 16.3. The zero-order valence-corrected chi connectivity index (χ0v) is 17.4. The maximum absolute atomic E-state index is 13.5. The van der Waals surface area contributed by atoms with Gasteiger partial charge in [-0.1, -0.05) is 12.1 Å². The molecular weight excluding hydrogens is 391 g/mol. The van der Waals surface area contributed by atoms with Gasteiger partial charge in [0.2, 0.25) is 0 Å². The van der Waals surface area contributed by atoms with Crippen LogP contribution in [0.3, 0.4) is 0 Å². The smallest absolute Gasteiger partial charge is 0.328 e. The summed E-state index contributed by atoms with van der Waals surface area (Å²) in [5, 5.41) is 2.68.